The number of hydrogen-bond donors (Lipinski definition) is 0. The molecule has 1 saturated heterocycles. The predicted octanol–water partition coefficient (Wildman–Crippen LogP) is 4.44. The molecule has 1 aromatic carbocycles. The molecule has 2 aliphatic rings. The molecule has 0 N–H and O–H groups in total. The molecule has 1 heterocycles. The van der Waals surface area contributed by atoms with Gasteiger partial charge < -0.3 is 0 Å². The normalized spacial score (nSPS) is 22.9. The molecular formula is C14H18BrNS. The number of halogens is 1. The fraction of sp³-hybridized carbons (Fsp3) is 0.571. The minimum atomic E-state index is 0.777. The Morgan fingerprint density at radius 1 is 1.00 bits per heavy atom. The second-order valence-electron chi connectivity index (χ2n) is 5.06. The molecule has 0 aromatic heterocycles. The van der Waals surface area contributed by atoms with Crippen molar-refractivity contribution in [1.82, 2.24) is 4.31 Å². The van der Waals surface area contributed by atoms with Gasteiger partial charge in [-0.15, -0.1) is 0 Å². The first-order valence-corrected chi connectivity index (χ1v) is 8.11. The van der Waals surface area contributed by atoms with Crippen LogP contribution >= 0.6 is 27.9 Å². The molecule has 1 aliphatic heterocycles. The fourth-order valence-corrected chi connectivity index (χ4v) is 3.87. The Labute approximate surface area is 116 Å². The lowest BCUT2D eigenvalue weighted by Gasteiger charge is -2.31. The van der Waals surface area contributed by atoms with Crippen LogP contribution in [0.5, 0.6) is 0 Å². The molecule has 1 saturated carbocycles. The second-order valence-corrected chi connectivity index (χ2v) is 7.37. The standard InChI is InChI=1S/C14H18BrNS/c15-13-3-1-11(2-4-13)12-7-9-16(10-8-12)17-14-5-6-14/h1-4,12,14H,5-10H2. The van der Waals surface area contributed by atoms with E-state index in [1.807, 2.05) is 0 Å². The Morgan fingerprint density at radius 3 is 2.24 bits per heavy atom. The van der Waals surface area contributed by atoms with E-state index in [0.717, 1.165) is 11.2 Å². The molecule has 0 amide bonds. The lowest BCUT2D eigenvalue weighted by Crippen LogP contribution is -2.28. The van der Waals surface area contributed by atoms with Gasteiger partial charge in [0.1, 0.15) is 0 Å². The third kappa shape index (κ3) is 3.27. The van der Waals surface area contributed by atoms with Crippen LogP contribution in [0.25, 0.3) is 0 Å². The molecule has 0 unspecified atom stereocenters. The van der Waals surface area contributed by atoms with Gasteiger partial charge in [0.15, 0.2) is 0 Å². The van der Waals surface area contributed by atoms with Crippen molar-refractivity contribution in [2.75, 3.05) is 13.1 Å². The van der Waals surface area contributed by atoms with E-state index in [2.05, 4.69) is 56.4 Å². The molecule has 3 rings (SSSR count). The van der Waals surface area contributed by atoms with E-state index >= 15 is 0 Å². The van der Waals surface area contributed by atoms with E-state index in [9.17, 15) is 0 Å². The second kappa shape index (κ2) is 5.33. The van der Waals surface area contributed by atoms with Crippen molar-refractivity contribution < 1.29 is 0 Å². The number of piperidine rings is 1. The molecule has 17 heavy (non-hydrogen) atoms. The van der Waals surface area contributed by atoms with Gasteiger partial charge in [0.25, 0.3) is 0 Å². The summed E-state index contributed by atoms with van der Waals surface area (Å²) < 4.78 is 3.77. The summed E-state index contributed by atoms with van der Waals surface area (Å²) in [6, 6.07) is 8.89. The maximum Gasteiger partial charge on any atom is 0.0196 e. The predicted molar refractivity (Wildman–Crippen MR) is 78.3 cm³/mol. The largest absolute Gasteiger partial charge is 0.250 e. The molecule has 0 atom stereocenters. The minimum Gasteiger partial charge on any atom is -0.250 e. The van der Waals surface area contributed by atoms with E-state index in [1.54, 1.807) is 0 Å². The molecule has 1 aromatic rings. The Hall–Kier alpha value is 0.01000. The van der Waals surface area contributed by atoms with E-state index < -0.39 is 0 Å². The minimum absolute atomic E-state index is 0.777. The lowest BCUT2D eigenvalue weighted by molar-refractivity contribution is 0.346. The SMILES string of the molecule is Brc1ccc(C2CCN(SC3CC3)CC2)cc1. The average Bonchev–Trinajstić information content (AvgIpc) is 3.15. The van der Waals surface area contributed by atoms with E-state index in [4.69, 9.17) is 0 Å². The van der Waals surface area contributed by atoms with Crippen molar-refractivity contribution in [2.24, 2.45) is 0 Å². The quantitative estimate of drug-likeness (QED) is 0.759. The van der Waals surface area contributed by atoms with Crippen molar-refractivity contribution >= 4 is 27.9 Å². The third-order valence-electron chi connectivity index (χ3n) is 3.62. The van der Waals surface area contributed by atoms with Crippen molar-refractivity contribution in [3.05, 3.63) is 34.3 Å². The van der Waals surface area contributed by atoms with Gasteiger partial charge in [0.05, 0.1) is 0 Å². The number of rotatable bonds is 3. The Morgan fingerprint density at radius 2 is 1.65 bits per heavy atom. The van der Waals surface area contributed by atoms with Crippen molar-refractivity contribution in [2.45, 2.75) is 36.9 Å². The van der Waals surface area contributed by atoms with E-state index in [0.29, 0.717) is 0 Å². The smallest absolute Gasteiger partial charge is 0.0196 e. The maximum absolute atomic E-state index is 3.50. The topological polar surface area (TPSA) is 3.24 Å². The molecule has 0 spiro atoms. The summed E-state index contributed by atoms with van der Waals surface area (Å²) in [5.74, 6) is 0.777. The summed E-state index contributed by atoms with van der Waals surface area (Å²) in [6.45, 7) is 2.53. The average molecular weight is 312 g/mol. The van der Waals surface area contributed by atoms with Crippen LogP contribution in [0.4, 0.5) is 0 Å². The first kappa shape index (κ1) is 12.1. The summed E-state index contributed by atoms with van der Waals surface area (Å²) in [5, 5.41) is 0.958. The summed E-state index contributed by atoms with van der Waals surface area (Å²) in [6.07, 6.45) is 5.53. The highest BCUT2D eigenvalue weighted by molar-refractivity contribution is 9.10. The number of nitrogens with zero attached hydrogens (tertiary/aromatic N) is 1. The van der Waals surface area contributed by atoms with Crippen molar-refractivity contribution in [3.63, 3.8) is 0 Å². The van der Waals surface area contributed by atoms with Crippen molar-refractivity contribution in [3.8, 4) is 0 Å². The molecule has 1 aliphatic carbocycles. The summed E-state index contributed by atoms with van der Waals surface area (Å²) >= 11 is 5.61. The van der Waals surface area contributed by atoms with Gasteiger partial charge in [-0.1, -0.05) is 40.0 Å². The van der Waals surface area contributed by atoms with Gasteiger partial charge in [-0.25, -0.2) is 0 Å². The van der Waals surface area contributed by atoms with Gasteiger partial charge in [-0.2, -0.15) is 0 Å². The first-order chi connectivity index (χ1) is 8.31. The maximum atomic E-state index is 3.50. The van der Waals surface area contributed by atoms with Gasteiger partial charge in [0.2, 0.25) is 0 Å². The fourth-order valence-electron chi connectivity index (χ4n) is 2.41. The number of benzene rings is 1. The van der Waals surface area contributed by atoms with Gasteiger partial charge in [-0.3, -0.25) is 4.31 Å². The molecule has 0 radical (unpaired) electrons. The van der Waals surface area contributed by atoms with Gasteiger partial charge in [-0.05, 0) is 49.3 Å². The zero-order chi connectivity index (χ0) is 11.7. The Bertz CT molecular complexity index is 366. The zero-order valence-electron chi connectivity index (χ0n) is 9.94. The Balaban J connectivity index is 1.54. The van der Waals surface area contributed by atoms with Crippen LogP contribution in [0.2, 0.25) is 0 Å². The first-order valence-electron chi connectivity index (χ1n) is 6.48. The number of hydrogen-bond acceptors (Lipinski definition) is 2. The van der Waals surface area contributed by atoms with Crippen LogP contribution in [-0.2, 0) is 0 Å². The molecule has 2 fully saturated rings. The molecule has 3 heteroatoms. The molecule has 1 nitrogen and oxygen atoms in total. The van der Waals surface area contributed by atoms with Crippen molar-refractivity contribution in [1.29, 1.82) is 0 Å². The third-order valence-corrected chi connectivity index (χ3v) is 5.58. The van der Waals surface area contributed by atoms with Gasteiger partial charge >= 0.3 is 0 Å². The van der Waals surface area contributed by atoms with Crippen LogP contribution in [0.1, 0.15) is 37.2 Å². The molecular weight excluding hydrogens is 294 g/mol. The summed E-state index contributed by atoms with van der Waals surface area (Å²) in [5.41, 5.74) is 1.52. The van der Waals surface area contributed by atoms with Crippen LogP contribution in [0.15, 0.2) is 28.7 Å². The molecule has 92 valence electrons. The lowest BCUT2D eigenvalue weighted by atomic mass is 9.90. The summed E-state index contributed by atoms with van der Waals surface area (Å²) in [7, 11) is 0. The monoisotopic (exact) mass is 311 g/mol. The highest BCUT2D eigenvalue weighted by Crippen LogP contribution is 2.39. The Kier molecular flexibility index (Phi) is 3.78. The van der Waals surface area contributed by atoms with E-state index in [1.165, 1.54) is 48.8 Å². The van der Waals surface area contributed by atoms with Crippen LogP contribution in [0, 0.1) is 0 Å². The zero-order valence-corrected chi connectivity index (χ0v) is 12.3. The highest BCUT2D eigenvalue weighted by Gasteiger charge is 2.28. The van der Waals surface area contributed by atoms with E-state index in [-0.39, 0.29) is 0 Å². The van der Waals surface area contributed by atoms with Crippen LogP contribution in [-0.4, -0.2) is 22.6 Å². The van der Waals surface area contributed by atoms with Crippen LogP contribution in [0.3, 0.4) is 0 Å². The highest BCUT2D eigenvalue weighted by atomic mass is 79.9. The summed E-state index contributed by atoms with van der Waals surface area (Å²) in [4.78, 5) is 0. The molecule has 0 bridgehead atoms. The van der Waals surface area contributed by atoms with Crippen LogP contribution < -0.4 is 0 Å². The van der Waals surface area contributed by atoms with Gasteiger partial charge in [0, 0.05) is 22.8 Å².